The van der Waals surface area contributed by atoms with Crippen LogP contribution < -0.4 is 0 Å². The molecule has 0 fully saturated rings. The van der Waals surface area contributed by atoms with Gasteiger partial charge in [-0.15, -0.1) is 0 Å². The molecule has 0 atom stereocenters. The number of aliphatic hydroxyl groups excluding tert-OH is 1. The van der Waals surface area contributed by atoms with E-state index in [4.69, 9.17) is 5.11 Å². The lowest BCUT2D eigenvalue weighted by Crippen LogP contribution is -1.98. The highest BCUT2D eigenvalue weighted by molar-refractivity contribution is 5.80. The molecular weight excluding hydrogens is 250 g/mol. The predicted molar refractivity (Wildman–Crippen MR) is 79.0 cm³/mol. The quantitative estimate of drug-likeness (QED) is 0.790. The van der Waals surface area contributed by atoms with Gasteiger partial charge in [0.25, 0.3) is 0 Å². The number of aryl methyl sites for hydroxylation is 2. The second kappa shape index (κ2) is 5.43. The number of para-hydroxylation sites is 1. The molecule has 4 heteroatoms. The molecule has 3 rings (SSSR count). The molecule has 0 bridgehead atoms. The van der Waals surface area contributed by atoms with Crippen LogP contribution in [0.2, 0.25) is 0 Å². The maximum Gasteiger partial charge on any atom is 0.163 e. The molecule has 0 aliphatic heterocycles. The third-order valence-corrected chi connectivity index (χ3v) is 3.39. The largest absolute Gasteiger partial charge is 0.396 e. The molecule has 0 aliphatic carbocycles. The smallest absolute Gasteiger partial charge is 0.163 e. The average molecular weight is 267 g/mol. The number of fused-ring (bicyclic) bond motifs is 1. The summed E-state index contributed by atoms with van der Waals surface area (Å²) in [6.45, 7) is 2.21. The SMILES string of the molecule is Cc1nn(-c2ccccc2)c2ncc(CCCO)cc12. The van der Waals surface area contributed by atoms with Gasteiger partial charge in [-0.3, -0.25) is 0 Å². The normalized spacial score (nSPS) is 11.1. The van der Waals surface area contributed by atoms with Gasteiger partial charge in [0, 0.05) is 18.2 Å². The molecule has 4 nitrogen and oxygen atoms in total. The molecule has 0 aliphatic rings. The second-order valence-corrected chi connectivity index (χ2v) is 4.87. The van der Waals surface area contributed by atoms with Gasteiger partial charge < -0.3 is 5.11 Å². The Bertz CT molecular complexity index is 719. The van der Waals surface area contributed by atoms with Crippen molar-refractivity contribution in [3.63, 3.8) is 0 Å². The first-order valence-corrected chi connectivity index (χ1v) is 6.80. The first kappa shape index (κ1) is 12.8. The Morgan fingerprint density at radius 1 is 1.20 bits per heavy atom. The van der Waals surface area contributed by atoms with Crippen molar-refractivity contribution < 1.29 is 5.11 Å². The Balaban J connectivity index is 2.08. The summed E-state index contributed by atoms with van der Waals surface area (Å²) in [5.41, 5.74) is 4.01. The molecule has 1 aromatic carbocycles. The summed E-state index contributed by atoms with van der Waals surface area (Å²) in [5.74, 6) is 0. The van der Waals surface area contributed by atoms with Crippen LogP contribution in [-0.2, 0) is 6.42 Å². The molecular formula is C16H17N3O. The number of pyridine rings is 1. The maximum absolute atomic E-state index is 8.91. The van der Waals surface area contributed by atoms with Crippen molar-refractivity contribution in [3.8, 4) is 5.69 Å². The van der Waals surface area contributed by atoms with Crippen molar-refractivity contribution in [1.29, 1.82) is 0 Å². The van der Waals surface area contributed by atoms with Crippen LogP contribution >= 0.6 is 0 Å². The van der Waals surface area contributed by atoms with E-state index in [1.54, 1.807) is 0 Å². The van der Waals surface area contributed by atoms with E-state index in [-0.39, 0.29) is 6.61 Å². The van der Waals surface area contributed by atoms with Crippen molar-refractivity contribution in [2.45, 2.75) is 19.8 Å². The number of rotatable bonds is 4. The molecule has 102 valence electrons. The number of hydrogen-bond acceptors (Lipinski definition) is 3. The molecule has 20 heavy (non-hydrogen) atoms. The van der Waals surface area contributed by atoms with Gasteiger partial charge in [-0.05, 0) is 43.5 Å². The summed E-state index contributed by atoms with van der Waals surface area (Å²) in [6.07, 6.45) is 3.48. The van der Waals surface area contributed by atoms with Crippen molar-refractivity contribution in [1.82, 2.24) is 14.8 Å². The third-order valence-electron chi connectivity index (χ3n) is 3.39. The summed E-state index contributed by atoms with van der Waals surface area (Å²) >= 11 is 0. The van der Waals surface area contributed by atoms with Gasteiger partial charge in [-0.25, -0.2) is 9.67 Å². The van der Waals surface area contributed by atoms with Crippen molar-refractivity contribution in [3.05, 3.63) is 53.9 Å². The lowest BCUT2D eigenvalue weighted by molar-refractivity contribution is 0.288. The summed E-state index contributed by atoms with van der Waals surface area (Å²) in [7, 11) is 0. The molecule has 2 aromatic heterocycles. The molecule has 0 unspecified atom stereocenters. The third kappa shape index (κ3) is 2.30. The Hall–Kier alpha value is -2.20. The van der Waals surface area contributed by atoms with E-state index in [9.17, 15) is 0 Å². The monoisotopic (exact) mass is 267 g/mol. The minimum Gasteiger partial charge on any atom is -0.396 e. The van der Waals surface area contributed by atoms with E-state index in [1.165, 1.54) is 0 Å². The lowest BCUT2D eigenvalue weighted by Gasteiger charge is -2.03. The summed E-state index contributed by atoms with van der Waals surface area (Å²) in [5, 5.41) is 14.6. The van der Waals surface area contributed by atoms with Gasteiger partial charge in [0.15, 0.2) is 5.65 Å². The first-order valence-electron chi connectivity index (χ1n) is 6.80. The highest BCUT2D eigenvalue weighted by Gasteiger charge is 2.10. The van der Waals surface area contributed by atoms with Gasteiger partial charge in [-0.1, -0.05) is 18.2 Å². The Labute approximate surface area is 117 Å². The molecule has 0 saturated carbocycles. The number of aromatic nitrogens is 3. The summed E-state index contributed by atoms with van der Waals surface area (Å²) < 4.78 is 1.88. The Kier molecular flexibility index (Phi) is 3.48. The first-order chi connectivity index (χ1) is 9.79. The molecule has 0 spiro atoms. The van der Waals surface area contributed by atoms with Crippen LogP contribution in [0.3, 0.4) is 0 Å². The van der Waals surface area contributed by atoms with E-state index in [2.05, 4.69) is 16.1 Å². The fourth-order valence-corrected chi connectivity index (χ4v) is 2.36. The highest BCUT2D eigenvalue weighted by atomic mass is 16.2. The number of benzene rings is 1. The van der Waals surface area contributed by atoms with Gasteiger partial charge in [-0.2, -0.15) is 5.10 Å². The van der Waals surface area contributed by atoms with Crippen molar-refractivity contribution in [2.75, 3.05) is 6.61 Å². The van der Waals surface area contributed by atoms with E-state index >= 15 is 0 Å². The lowest BCUT2D eigenvalue weighted by atomic mass is 10.1. The van der Waals surface area contributed by atoms with Crippen LogP contribution in [-0.4, -0.2) is 26.5 Å². The molecule has 3 aromatic rings. The second-order valence-electron chi connectivity index (χ2n) is 4.87. The van der Waals surface area contributed by atoms with Crippen LogP contribution in [0.1, 0.15) is 17.7 Å². The topological polar surface area (TPSA) is 50.9 Å². The zero-order valence-corrected chi connectivity index (χ0v) is 11.5. The minimum atomic E-state index is 0.209. The summed E-state index contributed by atoms with van der Waals surface area (Å²) in [6, 6.07) is 12.1. The minimum absolute atomic E-state index is 0.209. The molecule has 0 saturated heterocycles. The fourth-order valence-electron chi connectivity index (χ4n) is 2.36. The number of aliphatic hydroxyl groups is 1. The van der Waals surface area contributed by atoms with E-state index in [0.29, 0.717) is 0 Å². The van der Waals surface area contributed by atoms with Gasteiger partial charge >= 0.3 is 0 Å². The van der Waals surface area contributed by atoms with Crippen LogP contribution in [0.25, 0.3) is 16.7 Å². The number of hydrogen-bond donors (Lipinski definition) is 1. The van der Waals surface area contributed by atoms with E-state index in [1.807, 2.05) is 48.1 Å². The van der Waals surface area contributed by atoms with E-state index in [0.717, 1.165) is 40.8 Å². The Morgan fingerprint density at radius 2 is 2.00 bits per heavy atom. The molecule has 1 N–H and O–H groups in total. The van der Waals surface area contributed by atoms with Crippen LogP contribution in [0.15, 0.2) is 42.6 Å². The van der Waals surface area contributed by atoms with Gasteiger partial charge in [0.2, 0.25) is 0 Å². The van der Waals surface area contributed by atoms with E-state index < -0.39 is 0 Å². The van der Waals surface area contributed by atoms with Crippen LogP contribution in [0, 0.1) is 6.92 Å². The van der Waals surface area contributed by atoms with Crippen molar-refractivity contribution in [2.24, 2.45) is 0 Å². The highest BCUT2D eigenvalue weighted by Crippen LogP contribution is 2.21. The maximum atomic E-state index is 8.91. The molecule has 2 heterocycles. The fraction of sp³-hybridized carbons (Fsp3) is 0.250. The van der Waals surface area contributed by atoms with Crippen molar-refractivity contribution >= 4 is 11.0 Å². The van der Waals surface area contributed by atoms with Gasteiger partial charge in [0.05, 0.1) is 11.4 Å². The Morgan fingerprint density at radius 3 is 2.75 bits per heavy atom. The predicted octanol–water partition coefficient (Wildman–Crippen LogP) is 2.65. The van der Waals surface area contributed by atoms with Crippen LogP contribution in [0.5, 0.6) is 0 Å². The zero-order chi connectivity index (χ0) is 13.9. The average Bonchev–Trinajstić information content (AvgIpc) is 2.83. The number of nitrogens with zero attached hydrogens (tertiary/aromatic N) is 3. The van der Waals surface area contributed by atoms with Gasteiger partial charge in [0.1, 0.15) is 0 Å². The standard InChI is InChI=1S/C16H17N3O/c1-12-15-10-13(6-5-9-20)11-17-16(15)19(18-12)14-7-3-2-4-8-14/h2-4,7-8,10-11,20H,5-6,9H2,1H3. The molecule has 0 amide bonds. The molecule has 0 radical (unpaired) electrons. The summed E-state index contributed by atoms with van der Waals surface area (Å²) in [4.78, 5) is 4.55. The van der Waals surface area contributed by atoms with Crippen LogP contribution in [0.4, 0.5) is 0 Å². The zero-order valence-electron chi connectivity index (χ0n) is 11.5.